The lowest BCUT2D eigenvalue weighted by Crippen LogP contribution is -2.63. The topological polar surface area (TPSA) is 124 Å². The monoisotopic (exact) mass is 513 g/mol. The van der Waals surface area contributed by atoms with Gasteiger partial charge in [-0.2, -0.15) is 0 Å². The van der Waals surface area contributed by atoms with Crippen LogP contribution in [0, 0.1) is 17.2 Å². The van der Waals surface area contributed by atoms with Crippen LogP contribution in [0.25, 0.3) is 17.2 Å². The molecule has 0 bridgehead atoms. The van der Waals surface area contributed by atoms with Crippen molar-refractivity contribution in [2.45, 2.75) is 19.3 Å². The lowest BCUT2D eigenvalue weighted by atomic mass is 9.57. The number of hydrogen-bond donors (Lipinski definition) is 0. The first-order valence-electron chi connectivity index (χ1n) is 9.46. The first-order valence-corrected chi connectivity index (χ1v) is 12.1. The molecular weight excluding hydrogens is 497 g/mol. The Labute approximate surface area is 184 Å². The smallest absolute Gasteiger partial charge is 0.295 e. The van der Waals surface area contributed by atoms with Gasteiger partial charge in [-0.15, -0.1) is 0 Å². The molecular formula is C18H17BrFN5O5S. The molecule has 10 nitrogen and oxygen atoms in total. The van der Waals surface area contributed by atoms with Gasteiger partial charge in [0.15, 0.2) is 5.69 Å². The normalized spacial score (nSPS) is 18.8. The summed E-state index contributed by atoms with van der Waals surface area (Å²) >= 11 is 3.10. The summed E-state index contributed by atoms with van der Waals surface area (Å²) in [6, 6.07) is 4.08. The number of sulfonamides is 1. The van der Waals surface area contributed by atoms with Crippen LogP contribution in [0.5, 0.6) is 0 Å². The highest BCUT2D eigenvalue weighted by Crippen LogP contribution is 2.53. The molecule has 0 N–H and O–H groups in total. The zero-order chi connectivity index (χ0) is 22.0. The van der Waals surface area contributed by atoms with Gasteiger partial charge in [0, 0.05) is 13.1 Å². The zero-order valence-corrected chi connectivity index (χ0v) is 18.7. The van der Waals surface area contributed by atoms with Crippen LogP contribution >= 0.6 is 15.9 Å². The Morgan fingerprint density at radius 3 is 2.68 bits per heavy atom. The molecule has 2 aliphatic rings. The molecule has 0 unspecified atom stereocenters. The van der Waals surface area contributed by atoms with E-state index in [2.05, 4.69) is 31.4 Å². The van der Waals surface area contributed by atoms with E-state index in [1.165, 1.54) is 33.3 Å². The van der Waals surface area contributed by atoms with Crippen molar-refractivity contribution in [1.29, 1.82) is 0 Å². The molecule has 5 rings (SSSR count). The fourth-order valence-electron chi connectivity index (χ4n) is 4.54. The van der Waals surface area contributed by atoms with Crippen LogP contribution in [0.15, 0.2) is 36.6 Å². The number of nitrogens with zero attached hydrogens (tertiary/aromatic N) is 5. The summed E-state index contributed by atoms with van der Waals surface area (Å²) in [5.41, 5.74) is 1.20. The van der Waals surface area contributed by atoms with Gasteiger partial charge in [0.25, 0.3) is 0 Å². The molecule has 1 saturated carbocycles. The molecule has 3 heterocycles. The van der Waals surface area contributed by atoms with Crippen molar-refractivity contribution in [2.24, 2.45) is 11.3 Å². The lowest BCUT2D eigenvalue weighted by Gasteiger charge is -2.58. The highest BCUT2D eigenvalue weighted by atomic mass is 79.9. The first-order chi connectivity index (χ1) is 14.7. The fraction of sp³-hybridized carbons (Fsp3) is 0.444. The van der Waals surface area contributed by atoms with Crippen molar-refractivity contribution in [3.63, 3.8) is 0 Å². The molecule has 1 spiro atoms. The summed E-state index contributed by atoms with van der Waals surface area (Å²) in [7, 11) is -3.14. The Kier molecular flexibility index (Phi) is 4.68. The van der Waals surface area contributed by atoms with E-state index in [1.807, 2.05) is 0 Å². The second-order valence-electron chi connectivity index (χ2n) is 8.27. The molecule has 13 heteroatoms. The highest BCUT2D eigenvalue weighted by molar-refractivity contribution is 9.10. The maximum absolute atomic E-state index is 13.6. The molecule has 31 heavy (non-hydrogen) atoms. The minimum Gasteiger partial charge on any atom is -0.295 e. The number of benzene rings is 1. The molecule has 0 amide bonds. The zero-order valence-electron chi connectivity index (χ0n) is 16.3. The quantitative estimate of drug-likeness (QED) is 0.507. The van der Waals surface area contributed by atoms with Crippen LogP contribution in [0.1, 0.15) is 18.5 Å². The Balaban J connectivity index is 1.36. The SMILES string of the molecule is CS(=O)(=O)N1CC2(CC(Cc3nonc3-c3noc(=O)n3-c3ccc(F)c(Br)c3)C2)C1. The van der Waals surface area contributed by atoms with E-state index in [0.29, 0.717) is 36.8 Å². The van der Waals surface area contributed by atoms with Gasteiger partial charge in [0.05, 0.1) is 16.4 Å². The summed E-state index contributed by atoms with van der Waals surface area (Å²) in [6.45, 7) is 1.10. The van der Waals surface area contributed by atoms with Gasteiger partial charge in [-0.25, -0.2) is 31.1 Å². The van der Waals surface area contributed by atoms with Gasteiger partial charge in [0.2, 0.25) is 15.8 Å². The summed E-state index contributed by atoms with van der Waals surface area (Å²) in [4.78, 5) is 12.3. The van der Waals surface area contributed by atoms with Gasteiger partial charge in [0.1, 0.15) is 11.5 Å². The summed E-state index contributed by atoms with van der Waals surface area (Å²) in [5, 5.41) is 11.7. The molecule has 0 atom stereocenters. The number of hydrogen-bond acceptors (Lipinski definition) is 8. The summed E-state index contributed by atoms with van der Waals surface area (Å²) in [6.07, 6.45) is 3.53. The van der Waals surface area contributed by atoms with Crippen molar-refractivity contribution in [3.8, 4) is 17.2 Å². The predicted molar refractivity (Wildman–Crippen MR) is 108 cm³/mol. The Morgan fingerprint density at radius 2 is 2.00 bits per heavy atom. The molecule has 164 valence electrons. The van der Waals surface area contributed by atoms with Crippen molar-refractivity contribution in [3.05, 3.63) is 44.7 Å². The maximum atomic E-state index is 13.6. The third kappa shape index (κ3) is 3.53. The summed E-state index contributed by atoms with van der Waals surface area (Å²) in [5.74, 6) is -0.816. The van der Waals surface area contributed by atoms with Gasteiger partial charge in [-0.05, 0) is 69.9 Å². The van der Waals surface area contributed by atoms with Crippen molar-refractivity contribution in [1.82, 2.24) is 24.3 Å². The molecule has 1 aliphatic carbocycles. The average molecular weight is 514 g/mol. The van der Waals surface area contributed by atoms with Crippen LogP contribution in [0.4, 0.5) is 4.39 Å². The standard InChI is InChI=1S/C18H17BrFN5O5S/c1-31(27,28)24-8-18(9-24)6-10(7-18)4-14-15(22-30-21-14)16-23-29-17(26)25(16)11-2-3-13(20)12(19)5-11/h2-3,5,10H,4,6-9H2,1H3. The molecule has 3 aromatic rings. The molecule has 0 radical (unpaired) electrons. The Bertz CT molecular complexity index is 1320. The molecule has 1 aliphatic heterocycles. The van der Waals surface area contributed by atoms with E-state index in [4.69, 9.17) is 9.15 Å². The van der Waals surface area contributed by atoms with Crippen LogP contribution in [-0.4, -0.2) is 52.1 Å². The molecule has 1 saturated heterocycles. The van der Waals surface area contributed by atoms with E-state index >= 15 is 0 Å². The first kappa shape index (κ1) is 20.5. The van der Waals surface area contributed by atoms with Crippen LogP contribution in [0.2, 0.25) is 0 Å². The fourth-order valence-corrected chi connectivity index (χ4v) is 5.92. The molecule has 2 fully saturated rings. The van der Waals surface area contributed by atoms with E-state index in [0.717, 1.165) is 12.8 Å². The van der Waals surface area contributed by atoms with Crippen molar-refractivity contribution in [2.75, 3.05) is 19.3 Å². The van der Waals surface area contributed by atoms with E-state index in [1.54, 1.807) is 0 Å². The largest absolute Gasteiger partial charge is 0.446 e. The van der Waals surface area contributed by atoms with E-state index < -0.39 is 21.6 Å². The van der Waals surface area contributed by atoms with E-state index in [-0.39, 0.29) is 21.4 Å². The van der Waals surface area contributed by atoms with Crippen molar-refractivity contribution < 1.29 is 22.0 Å². The molecule has 1 aromatic carbocycles. The third-order valence-electron chi connectivity index (χ3n) is 5.95. The number of aromatic nitrogens is 4. The predicted octanol–water partition coefficient (Wildman–Crippen LogP) is 1.99. The van der Waals surface area contributed by atoms with Crippen LogP contribution in [-0.2, 0) is 16.4 Å². The highest BCUT2D eigenvalue weighted by Gasteiger charge is 2.54. The minimum absolute atomic E-state index is 0.0431. The third-order valence-corrected chi connectivity index (χ3v) is 7.76. The summed E-state index contributed by atoms with van der Waals surface area (Å²) < 4.78 is 49.4. The lowest BCUT2D eigenvalue weighted by molar-refractivity contribution is -0.0523. The Hall–Kier alpha value is -2.38. The number of halogens is 2. The second-order valence-corrected chi connectivity index (χ2v) is 11.1. The second kappa shape index (κ2) is 7.07. The van der Waals surface area contributed by atoms with Crippen LogP contribution in [0.3, 0.4) is 0 Å². The van der Waals surface area contributed by atoms with Gasteiger partial charge in [-0.1, -0.05) is 10.3 Å². The van der Waals surface area contributed by atoms with Crippen molar-refractivity contribution >= 4 is 26.0 Å². The van der Waals surface area contributed by atoms with Crippen LogP contribution < -0.4 is 5.76 Å². The van der Waals surface area contributed by atoms with Gasteiger partial charge in [-0.3, -0.25) is 4.52 Å². The van der Waals surface area contributed by atoms with E-state index in [9.17, 15) is 17.6 Å². The molecule has 2 aromatic heterocycles. The number of rotatable bonds is 5. The average Bonchev–Trinajstić information content (AvgIpc) is 3.23. The van der Waals surface area contributed by atoms with Gasteiger partial charge >= 0.3 is 5.76 Å². The maximum Gasteiger partial charge on any atom is 0.446 e. The minimum atomic E-state index is -3.14. The van der Waals surface area contributed by atoms with Gasteiger partial charge < -0.3 is 0 Å². The Morgan fingerprint density at radius 1 is 1.26 bits per heavy atom.